The molecule has 50 heavy (non-hydrogen) atoms. The van der Waals surface area contributed by atoms with E-state index in [0.29, 0.717) is 11.6 Å². The van der Waals surface area contributed by atoms with Crippen LogP contribution in [0.3, 0.4) is 0 Å². The summed E-state index contributed by atoms with van der Waals surface area (Å²) < 4.78 is 9.16. The standard InChI is InChI=1S/C44H28N4OS/c1-4-13-27(14-5-1)35-26-36(46-43(45-35)29-17-8-3-9-18-29)33-21-12-20-32-31-24-23-30(25-37(31)49-41(32)33)44-47-39(28-15-6-2-7-16-28)42-40(48-44)34-19-10-11-22-38(34)50-42/h1-26,31,37H. The van der Waals surface area contributed by atoms with Gasteiger partial charge in [-0.1, -0.05) is 133 Å². The summed E-state index contributed by atoms with van der Waals surface area (Å²) in [5.74, 6) is 2.30. The zero-order chi connectivity index (χ0) is 33.0. The Morgan fingerprint density at radius 2 is 1.28 bits per heavy atom. The van der Waals surface area contributed by atoms with E-state index in [2.05, 4.69) is 103 Å². The lowest BCUT2D eigenvalue weighted by Crippen LogP contribution is -2.17. The molecule has 2 unspecified atom stereocenters. The molecule has 2 aliphatic rings. The predicted octanol–water partition coefficient (Wildman–Crippen LogP) is 10.8. The van der Waals surface area contributed by atoms with Crippen LogP contribution in [0, 0.1) is 0 Å². The van der Waals surface area contributed by atoms with E-state index < -0.39 is 0 Å². The Hall–Kier alpha value is -6.24. The van der Waals surface area contributed by atoms with E-state index in [4.69, 9.17) is 24.7 Å². The summed E-state index contributed by atoms with van der Waals surface area (Å²) in [4.78, 5) is 20.5. The Labute approximate surface area is 293 Å². The molecule has 236 valence electrons. The first-order chi connectivity index (χ1) is 24.8. The first-order valence-electron chi connectivity index (χ1n) is 16.7. The summed E-state index contributed by atoms with van der Waals surface area (Å²) in [6, 6.07) is 47.7. The number of ether oxygens (including phenoxy) is 1. The number of rotatable bonds is 5. The lowest BCUT2D eigenvalue weighted by Gasteiger charge is -2.18. The average molecular weight is 661 g/mol. The number of benzene rings is 5. The van der Waals surface area contributed by atoms with Crippen LogP contribution in [0.2, 0.25) is 0 Å². The fourth-order valence-electron chi connectivity index (χ4n) is 7.05. The molecule has 0 spiro atoms. The molecule has 0 bridgehead atoms. The Kier molecular flexibility index (Phi) is 6.74. The molecule has 0 N–H and O–H groups in total. The van der Waals surface area contributed by atoms with Gasteiger partial charge in [-0.25, -0.2) is 19.9 Å². The molecule has 6 heteroatoms. The smallest absolute Gasteiger partial charge is 0.160 e. The molecule has 3 aromatic heterocycles. The molecular formula is C44H28N4OS. The molecule has 0 amide bonds. The van der Waals surface area contributed by atoms with Crippen LogP contribution >= 0.6 is 11.3 Å². The number of nitrogens with zero attached hydrogens (tertiary/aromatic N) is 4. The Morgan fingerprint density at radius 3 is 2.08 bits per heavy atom. The summed E-state index contributed by atoms with van der Waals surface area (Å²) in [7, 11) is 0. The van der Waals surface area contributed by atoms with Gasteiger partial charge in [-0.2, -0.15) is 0 Å². The molecule has 5 nitrogen and oxygen atoms in total. The minimum atomic E-state index is -0.200. The van der Waals surface area contributed by atoms with Crippen molar-refractivity contribution in [2.75, 3.05) is 0 Å². The zero-order valence-electron chi connectivity index (χ0n) is 26.8. The second-order valence-electron chi connectivity index (χ2n) is 12.5. The summed E-state index contributed by atoms with van der Waals surface area (Å²) in [5.41, 5.74) is 9.76. The largest absolute Gasteiger partial charge is 0.484 e. The van der Waals surface area contributed by atoms with Gasteiger partial charge >= 0.3 is 0 Å². The SMILES string of the molecule is C1=CC2c3cccc(-c4cc(-c5ccccc5)nc(-c5ccccc5)n4)c3OC2C=C1c1nc(-c2ccccc2)c2sc3ccccc3c2n1. The molecule has 10 rings (SSSR count). The maximum absolute atomic E-state index is 6.86. The first-order valence-corrected chi connectivity index (χ1v) is 17.5. The lowest BCUT2D eigenvalue weighted by atomic mass is 9.88. The molecular weight excluding hydrogens is 633 g/mol. The van der Waals surface area contributed by atoms with Crippen molar-refractivity contribution in [3.63, 3.8) is 0 Å². The molecule has 0 saturated heterocycles. The Bertz CT molecular complexity index is 2570. The second kappa shape index (κ2) is 11.7. The predicted molar refractivity (Wildman–Crippen MR) is 203 cm³/mol. The van der Waals surface area contributed by atoms with Gasteiger partial charge in [0, 0.05) is 49.4 Å². The van der Waals surface area contributed by atoms with E-state index in [9.17, 15) is 0 Å². The quantitative estimate of drug-likeness (QED) is 0.184. The van der Waals surface area contributed by atoms with Gasteiger partial charge < -0.3 is 4.74 Å². The topological polar surface area (TPSA) is 60.8 Å². The fourth-order valence-corrected chi connectivity index (χ4v) is 8.20. The second-order valence-corrected chi connectivity index (χ2v) is 13.6. The van der Waals surface area contributed by atoms with Crippen LogP contribution in [-0.2, 0) is 0 Å². The van der Waals surface area contributed by atoms with Crippen molar-refractivity contribution in [1.82, 2.24) is 19.9 Å². The van der Waals surface area contributed by atoms with Crippen LogP contribution in [0.25, 0.3) is 71.0 Å². The van der Waals surface area contributed by atoms with Crippen LogP contribution in [0.1, 0.15) is 17.3 Å². The average Bonchev–Trinajstić information content (AvgIpc) is 3.76. The maximum Gasteiger partial charge on any atom is 0.160 e. The molecule has 8 aromatic rings. The molecule has 0 saturated carbocycles. The number of aromatic nitrogens is 4. The van der Waals surface area contributed by atoms with Gasteiger partial charge in [0.25, 0.3) is 0 Å². The van der Waals surface area contributed by atoms with E-state index >= 15 is 0 Å². The van der Waals surface area contributed by atoms with E-state index in [-0.39, 0.29) is 12.0 Å². The summed E-state index contributed by atoms with van der Waals surface area (Å²) in [6.45, 7) is 0. The molecule has 0 radical (unpaired) electrons. The highest BCUT2D eigenvalue weighted by molar-refractivity contribution is 7.26. The third kappa shape index (κ3) is 4.84. The third-order valence-corrected chi connectivity index (χ3v) is 10.6. The van der Waals surface area contributed by atoms with Crippen LogP contribution < -0.4 is 4.74 Å². The van der Waals surface area contributed by atoms with Gasteiger partial charge in [-0.15, -0.1) is 11.3 Å². The summed E-state index contributed by atoms with van der Waals surface area (Å²) in [6.07, 6.45) is 6.38. The number of allylic oxidation sites excluding steroid dienone is 2. The highest BCUT2D eigenvalue weighted by Gasteiger charge is 2.36. The van der Waals surface area contributed by atoms with Gasteiger partial charge in [-0.05, 0) is 24.3 Å². The number of fused-ring (bicyclic) bond motifs is 6. The number of hydrogen-bond acceptors (Lipinski definition) is 6. The van der Waals surface area contributed by atoms with Gasteiger partial charge in [0.1, 0.15) is 11.9 Å². The van der Waals surface area contributed by atoms with E-state index in [1.807, 2.05) is 54.6 Å². The monoisotopic (exact) mass is 660 g/mol. The molecule has 0 fully saturated rings. The van der Waals surface area contributed by atoms with Crippen molar-refractivity contribution >= 4 is 37.2 Å². The number of hydrogen-bond donors (Lipinski definition) is 0. The highest BCUT2D eigenvalue weighted by Crippen LogP contribution is 2.48. The van der Waals surface area contributed by atoms with Crippen molar-refractivity contribution in [3.05, 3.63) is 169 Å². The van der Waals surface area contributed by atoms with Crippen molar-refractivity contribution in [2.24, 2.45) is 0 Å². The van der Waals surface area contributed by atoms with Gasteiger partial charge in [0.05, 0.1) is 27.3 Å². The summed E-state index contributed by atoms with van der Waals surface area (Å²) in [5, 5.41) is 1.15. The Morgan fingerprint density at radius 1 is 0.580 bits per heavy atom. The highest BCUT2D eigenvalue weighted by atomic mass is 32.1. The van der Waals surface area contributed by atoms with E-state index in [1.165, 1.54) is 4.70 Å². The van der Waals surface area contributed by atoms with E-state index in [1.54, 1.807) is 11.3 Å². The van der Waals surface area contributed by atoms with Crippen LogP contribution in [0.5, 0.6) is 5.75 Å². The van der Waals surface area contributed by atoms with Gasteiger partial charge in [0.2, 0.25) is 0 Å². The fraction of sp³-hybridized carbons (Fsp3) is 0.0455. The summed E-state index contributed by atoms with van der Waals surface area (Å²) >= 11 is 1.75. The first kappa shape index (κ1) is 28.7. The molecule has 1 aliphatic carbocycles. The number of para-hydroxylation sites is 1. The molecule has 2 atom stereocenters. The molecule has 5 aromatic carbocycles. The van der Waals surface area contributed by atoms with Crippen LogP contribution in [-0.4, -0.2) is 26.0 Å². The minimum absolute atomic E-state index is 0.0667. The van der Waals surface area contributed by atoms with Crippen molar-refractivity contribution in [3.8, 4) is 50.9 Å². The Balaban J connectivity index is 1.07. The normalized spacial score (nSPS) is 16.2. The zero-order valence-corrected chi connectivity index (χ0v) is 27.6. The van der Waals surface area contributed by atoms with Crippen molar-refractivity contribution < 1.29 is 4.74 Å². The lowest BCUT2D eigenvalue weighted by molar-refractivity contribution is 0.270. The van der Waals surface area contributed by atoms with Crippen LogP contribution in [0.4, 0.5) is 0 Å². The van der Waals surface area contributed by atoms with Gasteiger partial charge in [-0.3, -0.25) is 0 Å². The van der Waals surface area contributed by atoms with Crippen LogP contribution in [0.15, 0.2) is 158 Å². The minimum Gasteiger partial charge on any atom is -0.484 e. The third-order valence-electron chi connectivity index (χ3n) is 9.47. The molecule has 4 heterocycles. The van der Waals surface area contributed by atoms with E-state index in [0.717, 1.165) is 71.8 Å². The van der Waals surface area contributed by atoms with Crippen molar-refractivity contribution in [1.29, 1.82) is 0 Å². The molecule has 1 aliphatic heterocycles. The maximum atomic E-state index is 6.86. The number of thiophene rings is 1. The van der Waals surface area contributed by atoms with Crippen molar-refractivity contribution in [2.45, 2.75) is 12.0 Å². The van der Waals surface area contributed by atoms with Gasteiger partial charge in [0.15, 0.2) is 11.6 Å².